The Labute approximate surface area is 160 Å². The molecule has 2 aliphatic carbocycles. The molecule has 0 unspecified atom stereocenters. The van der Waals surface area contributed by atoms with Crippen LogP contribution in [0.2, 0.25) is 0 Å². The highest BCUT2D eigenvalue weighted by atomic mass is 19.4. The van der Waals surface area contributed by atoms with Crippen LogP contribution in [0.3, 0.4) is 0 Å². The van der Waals surface area contributed by atoms with Crippen molar-refractivity contribution >= 4 is 17.5 Å². The fourth-order valence-corrected chi connectivity index (χ4v) is 4.88. The molecule has 10 heteroatoms. The van der Waals surface area contributed by atoms with E-state index in [0.717, 1.165) is 31.4 Å². The van der Waals surface area contributed by atoms with Crippen molar-refractivity contribution in [3.63, 3.8) is 0 Å². The molecule has 1 spiro atoms. The number of halogens is 3. The first-order valence-corrected chi connectivity index (χ1v) is 9.62. The third kappa shape index (κ3) is 3.74. The van der Waals surface area contributed by atoms with Crippen LogP contribution in [0.15, 0.2) is 12.4 Å². The summed E-state index contributed by atoms with van der Waals surface area (Å²) in [6.45, 7) is 0.620. The van der Waals surface area contributed by atoms with Crippen molar-refractivity contribution in [3.05, 3.63) is 12.4 Å². The number of hydroxylamine groups is 1. The van der Waals surface area contributed by atoms with Crippen LogP contribution in [0.1, 0.15) is 38.5 Å². The largest absolute Gasteiger partial charge is 0.391 e. The number of hydrogen-bond donors (Lipinski definition) is 3. The zero-order valence-corrected chi connectivity index (χ0v) is 15.4. The van der Waals surface area contributed by atoms with E-state index >= 15 is 0 Å². The predicted molar refractivity (Wildman–Crippen MR) is 94.8 cm³/mol. The minimum absolute atomic E-state index is 0.0757. The molecule has 1 aromatic rings. The average molecular weight is 399 g/mol. The van der Waals surface area contributed by atoms with Crippen molar-refractivity contribution < 1.29 is 23.2 Å². The lowest BCUT2D eigenvalue weighted by molar-refractivity contribution is -0.179. The standard InChI is InChI=1S/C18H24F3N5O2/c19-18(20,21)12-1-3-26(4-2-12)16-22-9-14(10-23-16)24-13-7-17(8-13)5-11(6-17)15(27)25-28/h9-13,24,28H,1-8H2,(H,25,27). The summed E-state index contributed by atoms with van der Waals surface area (Å²) in [5.74, 6) is -1.15. The molecule has 0 atom stereocenters. The molecule has 0 bridgehead atoms. The minimum Gasteiger partial charge on any atom is -0.380 e. The minimum atomic E-state index is -4.12. The smallest absolute Gasteiger partial charge is 0.380 e. The monoisotopic (exact) mass is 399 g/mol. The van der Waals surface area contributed by atoms with Crippen LogP contribution in [0.25, 0.3) is 0 Å². The fourth-order valence-electron chi connectivity index (χ4n) is 4.88. The van der Waals surface area contributed by atoms with Gasteiger partial charge in [0.05, 0.1) is 24.0 Å². The van der Waals surface area contributed by atoms with Gasteiger partial charge in [-0.05, 0) is 43.9 Å². The van der Waals surface area contributed by atoms with E-state index in [9.17, 15) is 18.0 Å². The summed E-state index contributed by atoms with van der Waals surface area (Å²) in [6.07, 6.45) is 2.92. The molecule has 1 saturated heterocycles. The van der Waals surface area contributed by atoms with E-state index in [1.54, 1.807) is 22.8 Å². The molecule has 2 saturated carbocycles. The number of carbonyl (C=O) groups is 1. The predicted octanol–water partition coefficient (Wildman–Crippen LogP) is 2.73. The lowest BCUT2D eigenvalue weighted by atomic mass is 9.50. The van der Waals surface area contributed by atoms with Crippen molar-refractivity contribution in [1.82, 2.24) is 15.4 Å². The average Bonchev–Trinajstić information content (AvgIpc) is 2.62. The van der Waals surface area contributed by atoms with Crippen LogP contribution in [0.5, 0.6) is 0 Å². The summed E-state index contributed by atoms with van der Waals surface area (Å²) in [5, 5.41) is 12.0. The van der Waals surface area contributed by atoms with Gasteiger partial charge in [-0.2, -0.15) is 13.2 Å². The molecule has 2 heterocycles. The van der Waals surface area contributed by atoms with Gasteiger partial charge in [0, 0.05) is 25.0 Å². The van der Waals surface area contributed by atoms with Gasteiger partial charge in [0.2, 0.25) is 11.9 Å². The van der Waals surface area contributed by atoms with Gasteiger partial charge in [-0.3, -0.25) is 10.0 Å². The van der Waals surface area contributed by atoms with Crippen LogP contribution < -0.4 is 15.7 Å². The number of aromatic nitrogens is 2. The number of piperidine rings is 1. The van der Waals surface area contributed by atoms with E-state index in [2.05, 4.69) is 15.3 Å². The van der Waals surface area contributed by atoms with Crippen LogP contribution in [0.4, 0.5) is 24.8 Å². The summed E-state index contributed by atoms with van der Waals surface area (Å²) in [5.41, 5.74) is 2.71. The van der Waals surface area contributed by atoms with E-state index < -0.39 is 12.1 Å². The zero-order valence-electron chi connectivity index (χ0n) is 15.4. The molecular weight excluding hydrogens is 375 g/mol. The first-order chi connectivity index (χ1) is 13.3. The Hall–Kier alpha value is -2.10. The molecule has 7 nitrogen and oxygen atoms in total. The van der Waals surface area contributed by atoms with Gasteiger partial charge in [-0.15, -0.1) is 0 Å². The van der Waals surface area contributed by atoms with Gasteiger partial charge in [-0.25, -0.2) is 15.4 Å². The molecule has 3 N–H and O–H groups in total. The van der Waals surface area contributed by atoms with E-state index in [0.29, 0.717) is 25.1 Å². The molecule has 1 aliphatic heterocycles. The Morgan fingerprint density at radius 1 is 1.14 bits per heavy atom. The second-order valence-corrected chi connectivity index (χ2v) is 8.41. The zero-order chi connectivity index (χ0) is 19.9. The van der Waals surface area contributed by atoms with E-state index in [-0.39, 0.29) is 30.1 Å². The molecule has 1 aromatic heterocycles. The first-order valence-electron chi connectivity index (χ1n) is 9.62. The Morgan fingerprint density at radius 2 is 1.75 bits per heavy atom. The molecule has 1 amide bonds. The molecule has 3 fully saturated rings. The van der Waals surface area contributed by atoms with Crippen molar-refractivity contribution in [1.29, 1.82) is 0 Å². The highest BCUT2D eigenvalue weighted by molar-refractivity contribution is 5.78. The van der Waals surface area contributed by atoms with Crippen molar-refractivity contribution in [2.24, 2.45) is 17.3 Å². The Kier molecular flexibility index (Phi) is 4.84. The molecule has 3 aliphatic rings. The van der Waals surface area contributed by atoms with Crippen LogP contribution >= 0.6 is 0 Å². The third-order valence-corrected chi connectivity index (χ3v) is 6.45. The number of amides is 1. The summed E-state index contributed by atoms with van der Waals surface area (Å²) in [4.78, 5) is 21.8. The first kappa shape index (κ1) is 19.2. The molecule has 28 heavy (non-hydrogen) atoms. The van der Waals surface area contributed by atoms with E-state index in [4.69, 9.17) is 5.21 Å². The number of carbonyl (C=O) groups excluding carboxylic acids is 1. The second kappa shape index (κ2) is 7.06. The Morgan fingerprint density at radius 3 is 2.29 bits per heavy atom. The quantitative estimate of drug-likeness (QED) is 0.533. The molecule has 154 valence electrons. The summed E-state index contributed by atoms with van der Waals surface area (Å²) >= 11 is 0. The van der Waals surface area contributed by atoms with E-state index in [1.165, 1.54) is 0 Å². The topological polar surface area (TPSA) is 90.4 Å². The maximum Gasteiger partial charge on any atom is 0.391 e. The van der Waals surface area contributed by atoms with Crippen molar-refractivity contribution in [3.8, 4) is 0 Å². The van der Waals surface area contributed by atoms with Gasteiger partial charge >= 0.3 is 6.18 Å². The summed E-state index contributed by atoms with van der Waals surface area (Å²) in [7, 11) is 0. The highest BCUT2D eigenvalue weighted by Crippen LogP contribution is 2.59. The van der Waals surface area contributed by atoms with E-state index in [1.807, 2.05) is 0 Å². The number of hydrogen-bond acceptors (Lipinski definition) is 6. The van der Waals surface area contributed by atoms with Crippen LogP contribution in [-0.4, -0.2) is 46.4 Å². The third-order valence-electron chi connectivity index (χ3n) is 6.45. The van der Waals surface area contributed by atoms with Gasteiger partial charge in [0.15, 0.2) is 0 Å². The highest BCUT2D eigenvalue weighted by Gasteiger charge is 2.54. The normalized spacial score (nSPS) is 30.5. The van der Waals surface area contributed by atoms with Gasteiger partial charge in [0.25, 0.3) is 0 Å². The number of anilines is 2. The molecule has 0 radical (unpaired) electrons. The Balaban J connectivity index is 1.23. The van der Waals surface area contributed by atoms with Crippen LogP contribution in [0, 0.1) is 17.3 Å². The maximum atomic E-state index is 12.8. The van der Waals surface area contributed by atoms with Gasteiger partial charge < -0.3 is 10.2 Å². The fraction of sp³-hybridized carbons (Fsp3) is 0.722. The number of alkyl halides is 3. The number of rotatable bonds is 4. The summed E-state index contributed by atoms with van der Waals surface area (Å²) in [6, 6.07) is 0.301. The lowest BCUT2D eigenvalue weighted by Gasteiger charge is -2.57. The lowest BCUT2D eigenvalue weighted by Crippen LogP contribution is -2.55. The van der Waals surface area contributed by atoms with Gasteiger partial charge in [0.1, 0.15) is 0 Å². The van der Waals surface area contributed by atoms with Crippen molar-refractivity contribution in [2.45, 2.75) is 50.7 Å². The molecule has 4 rings (SSSR count). The second-order valence-electron chi connectivity index (χ2n) is 8.41. The molecular formula is C18H24F3N5O2. The maximum absolute atomic E-state index is 12.8. The van der Waals surface area contributed by atoms with Crippen LogP contribution in [-0.2, 0) is 4.79 Å². The van der Waals surface area contributed by atoms with Crippen molar-refractivity contribution in [2.75, 3.05) is 23.3 Å². The number of nitrogens with zero attached hydrogens (tertiary/aromatic N) is 3. The number of nitrogens with one attached hydrogen (secondary N) is 2. The summed E-state index contributed by atoms with van der Waals surface area (Å²) < 4.78 is 38.3. The SMILES string of the molecule is O=C(NO)C1CC2(CC(Nc3cnc(N4CCC(C(F)(F)F)CC4)nc3)C2)C1. The molecule has 0 aromatic carbocycles. The Bertz CT molecular complexity index is 705. The van der Waals surface area contributed by atoms with Gasteiger partial charge in [-0.1, -0.05) is 0 Å².